The second-order valence-electron chi connectivity index (χ2n) is 2.51. The van der Waals surface area contributed by atoms with Crippen molar-refractivity contribution >= 4 is 42.6 Å². The van der Waals surface area contributed by atoms with Crippen molar-refractivity contribution in [3.8, 4) is 5.75 Å². The molecule has 1 heterocycles. The lowest BCUT2D eigenvalue weighted by atomic mass is 10.3. The topological polar surface area (TPSA) is 48.1 Å². The molecule has 0 saturated carbocycles. The summed E-state index contributed by atoms with van der Waals surface area (Å²) in [5, 5.41) is 0.561. The highest BCUT2D eigenvalue weighted by molar-refractivity contribution is 9.10. The van der Waals surface area contributed by atoms with E-state index in [4.69, 9.17) is 10.5 Å². The van der Waals surface area contributed by atoms with E-state index < -0.39 is 0 Å². The highest BCUT2D eigenvalue weighted by Crippen LogP contribution is 2.33. The summed E-state index contributed by atoms with van der Waals surface area (Å²) >= 11 is 4.84. The first-order chi connectivity index (χ1) is 6.20. The fraction of sp³-hybridized carbons (Fsp3) is 0.125. The molecular weight excluding hydrogens is 252 g/mol. The molecule has 0 spiro atoms. The van der Waals surface area contributed by atoms with Crippen molar-refractivity contribution in [3.05, 3.63) is 16.6 Å². The molecule has 0 fully saturated rings. The Labute approximate surface area is 87.7 Å². The number of thiazole rings is 1. The Morgan fingerprint density at radius 1 is 1.54 bits per heavy atom. The van der Waals surface area contributed by atoms with Crippen LogP contribution in [0.4, 0.5) is 5.13 Å². The lowest BCUT2D eigenvalue weighted by molar-refractivity contribution is 0.419. The van der Waals surface area contributed by atoms with E-state index in [1.54, 1.807) is 7.11 Å². The summed E-state index contributed by atoms with van der Waals surface area (Å²) in [4.78, 5) is 4.18. The number of anilines is 1. The molecule has 0 atom stereocenters. The molecule has 2 aromatic rings. The average molecular weight is 259 g/mol. The minimum absolute atomic E-state index is 0.561. The van der Waals surface area contributed by atoms with E-state index in [-0.39, 0.29) is 0 Å². The number of methoxy groups -OCH3 is 1. The monoisotopic (exact) mass is 258 g/mol. The zero-order valence-corrected chi connectivity index (χ0v) is 9.28. The van der Waals surface area contributed by atoms with Crippen molar-refractivity contribution in [3.63, 3.8) is 0 Å². The van der Waals surface area contributed by atoms with E-state index in [1.165, 1.54) is 11.3 Å². The highest BCUT2D eigenvalue weighted by Gasteiger charge is 2.07. The molecule has 0 saturated heterocycles. The first-order valence-corrected chi connectivity index (χ1v) is 5.21. The lowest BCUT2D eigenvalue weighted by Crippen LogP contribution is -1.85. The predicted molar refractivity (Wildman–Crippen MR) is 58.3 cm³/mol. The van der Waals surface area contributed by atoms with Gasteiger partial charge in [0.1, 0.15) is 11.3 Å². The first-order valence-electron chi connectivity index (χ1n) is 3.60. The molecule has 2 N–H and O–H groups in total. The summed E-state index contributed by atoms with van der Waals surface area (Å²) in [6.45, 7) is 0. The maximum atomic E-state index is 5.60. The van der Waals surface area contributed by atoms with Crippen LogP contribution in [0, 0.1) is 0 Å². The first kappa shape index (κ1) is 8.77. The van der Waals surface area contributed by atoms with E-state index >= 15 is 0 Å². The van der Waals surface area contributed by atoms with Gasteiger partial charge in [-0.25, -0.2) is 4.98 Å². The largest absolute Gasteiger partial charge is 0.494 e. The molecule has 0 aliphatic heterocycles. The molecule has 0 aliphatic rings. The van der Waals surface area contributed by atoms with Crippen molar-refractivity contribution in [1.82, 2.24) is 4.98 Å². The number of benzene rings is 1. The van der Waals surface area contributed by atoms with Crippen LogP contribution in [-0.4, -0.2) is 12.1 Å². The minimum atomic E-state index is 0.561. The minimum Gasteiger partial charge on any atom is -0.494 e. The number of ether oxygens (including phenoxy) is 1. The van der Waals surface area contributed by atoms with Gasteiger partial charge in [0.15, 0.2) is 5.13 Å². The molecule has 0 amide bonds. The maximum Gasteiger partial charge on any atom is 0.181 e. The van der Waals surface area contributed by atoms with Gasteiger partial charge in [0.05, 0.1) is 11.8 Å². The molecular formula is C8H7BrN2OS. The van der Waals surface area contributed by atoms with E-state index in [0.717, 1.165) is 20.4 Å². The van der Waals surface area contributed by atoms with Gasteiger partial charge in [0.25, 0.3) is 0 Å². The standard InChI is InChI=1S/C8H7BrN2OS/c1-12-5-2-4(9)3-6-7(5)11-8(10)13-6/h2-3H,1H3,(H2,10,11). The molecule has 1 aromatic heterocycles. The van der Waals surface area contributed by atoms with Crippen LogP contribution in [0.2, 0.25) is 0 Å². The second kappa shape index (κ2) is 3.16. The number of hydrogen-bond acceptors (Lipinski definition) is 4. The van der Waals surface area contributed by atoms with Gasteiger partial charge < -0.3 is 10.5 Å². The van der Waals surface area contributed by atoms with Gasteiger partial charge in [-0.05, 0) is 12.1 Å². The van der Waals surface area contributed by atoms with E-state index in [1.807, 2.05) is 12.1 Å². The van der Waals surface area contributed by atoms with Gasteiger partial charge in [-0.15, -0.1) is 0 Å². The maximum absolute atomic E-state index is 5.60. The van der Waals surface area contributed by atoms with Gasteiger partial charge in [-0.3, -0.25) is 0 Å². The number of nitrogens with zero attached hydrogens (tertiary/aromatic N) is 1. The number of rotatable bonds is 1. The van der Waals surface area contributed by atoms with Gasteiger partial charge in [-0.1, -0.05) is 27.3 Å². The Balaban J connectivity index is 2.80. The molecule has 3 nitrogen and oxygen atoms in total. The summed E-state index contributed by atoms with van der Waals surface area (Å²) in [5.74, 6) is 0.748. The normalized spacial score (nSPS) is 10.6. The van der Waals surface area contributed by atoms with Gasteiger partial charge in [0.2, 0.25) is 0 Å². The van der Waals surface area contributed by atoms with Gasteiger partial charge in [0, 0.05) is 4.47 Å². The Morgan fingerprint density at radius 2 is 2.31 bits per heavy atom. The summed E-state index contributed by atoms with van der Waals surface area (Å²) in [5.41, 5.74) is 6.43. The fourth-order valence-electron chi connectivity index (χ4n) is 1.14. The van der Waals surface area contributed by atoms with Crippen LogP contribution in [0.1, 0.15) is 0 Å². The zero-order chi connectivity index (χ0) is 9.42. The average Bonchev–Trinajstić information content (AvgIpc) is 2.43. The number of halogens is 1. The van der Waals surface area contributed by atoms with Gasteiger partial charge in [-0.2, -0.15) is 0 Å². The summed E-state index contributed by atoms with van der Waals surface area (Å²) in [7, 11) is 1.62. The van der Waals surface area contributed by atoms with Gasteiger partial charge >= 0.3 is 0 Å². The van der Waals surface area contributed by atoms with Crippen LogP contribution in [0.5, 0.6) is 5.75 Å². The van der Waals surface area contributed by atoms with Crippen molar-refractivity contribution < 1.29 is 4.74 Å². The van der Waals surface area contributed by atoms with E-state index in [9.17, 15) is 0 Å². The smallest absolute Gasteiger partial charge is 0.181 e. The molecule has 5 heteroatoms. The molecule has 1 aromatic carbocycles. The Morgan fingerprint density at radius 3 is 3.00 bits per heavy atom. The van der Waals surface area contributed by atoms with Crippen LogP contribution >= 0.6 is 27.3 Å². The number of fused-ring (bicyclic) bond motifs is 1. The van der Waals surface area contributed by atoms with Crippen molar-refractivity contribution in [2.75, 3.05) is 12.8 Å². The molecule has 68 valence electrons. The number of nitrogens with two attached hydrogens (primary N) is 1. The van der Waals surface area contributed by atoms with Crippen LogP contribution in [-0.2, 0) is 0 Å². The van der Waals surface area contributed by atoms with Crippen molar-refractivity contribution in [2.24, 2.45) is 0 Å². The SMILES string of the molecule is COc1cc(Br)cc2sc(N)nc12. The Kier molecular flexibility index (Phi) is 2.13. The second-order valence-corrected chi connectivity index (χ2v) is 4.48. The van der Waals surface area contributed by atoms with Crippen molar-refractivity contribution in [1.29, 1.82) is 0 Å². The van der Waals surface area contributed by atoms with Crippen LogP contribution in [0.25, 0.3) is 10.2 Å². The molecule has 0 aliphatic carbocycles. The molecule has 13 heavy (non-hydrogen) atoms. The third-order valence-corrected chi connectivity index (χ3v) is 2.95. The van der Waals surface area contributed by atoms with Crippen molar-refractivity contribution in [2.45, 2.75) is 0 Å². The number of hydrogen-bond donors (Lipinski definition) is 1. The third kappa shape index (κ3) is 1.49. The van der Waals surface area contributed by atoms with Crippen LogP contribution in [0.3, 0.4) is 0 Å². The van der Waals surface area contributed by atoms with E-state index in [0.29, 0.717) is 5.13 Å². The van der Waals surface area contributed by atoms with Crippen LogP contribution in [0.15, 0.2) is 16.6 Å². The predicted octanol–water partition coefficient (Wildman–Crippen LogP) is 2.65. The number of aromatic nitrogens is 1. The summed E-state index contributed by atoms with van der Waals surface area (Å²) < 4.78 is 7.18. The number of nitrogen functional groups attached to an aromatic ring is 1. The summed E-state index contributed by atoms with van der Waals surface area (Å²) in [6.07, 6.45) is 0. The molecule has 0 bridgehead atoms. The molecule has 2 rings (SSSR count). The van der Waals surface area contributed by atoms with Crippen LogP contribution < -0.4 is 10.5 Å². The third-order valence-electron chi connectivity index (χ3n) is 1.66. The fourth-order valence-corrected chi connectivity index (χ4v) is 2.52. The summed E-state index contributed by atoms with van der Waals surface area (Å²) in [6, 6.07) is 3.85. The Bertz CT molecular complexity index is 455. The molecule has 0 radical (unpaired) electrons. The quantitative estimate of drug-likeness (QED) is 0.856. The van der Waals surface area contributed by atoms with E-state index in [2.05, 4.69) is 20.9 Å². The molecule has 0 unspecified atom stereocenters. The highest BCUT2D eigenvalue weighted by atomic mass is 79.9. The zero-order valence-electron chi connectivity index (χ0n) is 6.87. The lowest BCUT2D eigenvalue weighted by Gasteiger charge is -2.00. The Hall–Kier alpha value is -0.810.